The van der Waals surface area contributed by atoms with Gasteiger partial charge in [0.15, 0.2) is 0 Å². The normalized spacial score (nSPS) is 38.5. The zero-order valence-corrected chi connectivity index (χ0v) is 15.0. The predicted octanol–water partition coefficient (Wildman–Crippen LogP) is 4.93. The van der Waals surface area contributed by atoms with Gasteiger partial charge in [0.2, 0.25) is 0 Å². The van der Waals surface area contributed by atoms with E-state index in [-0.39, 0.29) is 5.92 Å². The molecule has 1 rings (SSSR count). The molecule has 0 saturated heterocycles. The lowest BCUT2D eigenvalue weighted by molar-refractivity contribution is 0.0309. The molecule has 2 N–H and O–H groups in total. The second-order valence-electron chi connectivity index (χ2n) is 7.51. The van der Waals surface area contributed by atoms with E-state index in [1.165, 1.54) is 11.1 Å². The summed E-state index contributed by atoms with van der Waals surface area (Å²) in [6, 6.07) is 0. The van der Waals surface area contributed by atoms with Crippen LogP contribution in [0, 0.1) is 5.92 Å². The van der Waals surface area contributed by atoms with Crippen LogP contribution >= 0.6 is 0 Å². The Balaban J connectivity index is 3.00. The number of hydrogen-bond donors (Lipinski definition) is 2. The van der Waals surface area contributed by atoms with Crippen molar-refractivity contribution in [3.05, 3.63) is 35.5 Å². The minimum Gasteiger partial charge on any atom is -0.386 e. The monoisotopic (exact) mass is 306 g/mol. The van der Waals surface area contributed by atoms with Gasteiger partial charge in [-0.25, -0.2) is 0 Å². The van der Waals surface area contributed by atoms with E-state index in [2.05, 4.69) is 26.0 Å². The maximum absolute atomic E-state index is 10.9. The van der Waals surface area contributed by atoms with Gasteiger partial charge in [0.25, 0.3) is 0 Å². The maximum Gasteiger partial charge on any atom is 0.0854 e. The molecule has 0 saturated carbocycles. The molecule has 22 heavy (non-hydrogen) atoms. The van der Waals surface area contributed by atoms with Gasteiger partial charge in [-0.05, 0) is 65.2 Å². The highest BCUT2D eigenvalue weighted by molar-refractivity contribution is 5.12. The Morgan fingerprint density at radius 3 is 2.14 bits per heavy atom. The molecular formula is C20H34O2. The smallest absolute Gasteiger partial charge is 0.0854 e. The first kappa shape index (κ1) is 19.2. The molecule has 0 amide bonds. The molecule has 126 valence electrons. The van der Waals surface area contributed by atoms with E-state index in [9.17, 15) is 10.2 Å². The van der Waals surface area contributed by atoms with Gasteiger partial charge in [-0.3, -0.25) is 0 Å². The van der Waals surface area contributed by atoms with E-state index in [0.717, 1.165) is 25.7 Å². The van der Waals surface area contributed by atoms with Crippen LogP contribution in [-0.2, 0) is 0 Å². The standard InChI is InChI=1S/C20H34O2/c1-16(2)20(22)13-11-18(4)9-6-8-17(3)10-7-12-19(5,21)14-15-20/h9-10,14-16,21-22H,6-8,11-13H2,1-5H3/b15-14+,17-10+,18-9+/t19-,20-/m1/s1. The molecule has 0 fully saturated rings. The van der Waals surface area contributed by atoms with Crippen molar-refractivity contribution >= 4 is 0 Å². The molecule has 2 heteroatoms. The van der Waals surface area contributed by atoms with E-state index in [4.69, 9.17) is 0 Å². The fourth-order valence-corrected chi connectivity index (χ4v) is 2.73. The molecule has 0 aromatic heterocycles. The van der Waals surface area contributed by atoms with Gasteiger partial charge in [0.05, 0.1) is 11.2 Å². The largest absolute Gasteiger partial charge is 0.386 e. The summed E-state index contributed by atoms with van der Waals surface area (Å²) in [5, 5.41) is 21.4. The Labute approximate surface area is 136 Å². The van der Waals surface area contributed by atoms with Crippen LogP contribution in [-0.4, -0.2) is 21.4 Å². The third-order valence-corrected chi connectivity index (χ3v) is 4.83. The average molecular weight is 306 g/mol. The number of hydrogen-bond acceptors (Lipinski definition) is 2. The fourth-order valence-electron chi connectivity index (χ4n) is 2.73. The third-order valence-electron chi connectivity index (χ3n) is 4.83. The van der Waals surface area contributed by atoms with Crippen molar-refractivity contribution in [3.63, 3.8) is 0 Å². The van der Waals surface area contributed by atoms with Crippen molar-refractivity contribution < 1.29 is 10.2 Å². The zero-order valence-electron chi connectivity index (χ0n) is 15.0. The summed E-state index contributed by atoms with van der Waals surface area (Å²) in [6.45, 7) is 10.2. The highest BCUT2D eigenvalue weighted by Gasteiger charge is 2.29. The van der Waals surface area contributed by atoms with Crippen LogP contribution in [0.3, 0.4) is 0 Å². The fraction of sp³-hybridized carbons (Fsp3) is 0.700. The lowest BCUT2D eigenvalue weighted by atomic mass is 9.82. The highest BCUT2D eigenvalue weighted by Crippen LogP contribution is 2.29. The summed E-state index contributed by atoms with van der Waals surface area (Å²) in [4.78, 5) is 0. The van der Waals surface area contributed by atoms with Crippen molar-refractivity contribution in [2.24, 2.45) is 5.92 Å². The molecule has 0 spiro atoms. The minimum atomic E-state index is -0.866. The molecule has 2 nitrogen and oxygen atoms in total. The molecule has 0 aromatic rings. The molecule has 0 aliphatic heterocycles. The Kier molecular flexibility index (Phi) is 7.08. The van der Waals surface area contributed by atoms with Crippen LogP contribution in [0.2, 0.25) is 0 Å². The molecule has 0 unspecified atom stereocenters. The minimum absolute atomic E-state index is 0.127. The summed E-state index contributed by atoms with van der Waals surface area (Å²) >= 11 is 0. The topological polar surface area (TPSA) is 40.5 Å². The molecule has 1 aliphatic rings. The van der Waals surface area contributed by atoms with Crippen LogP contribution < -0.4 is 0 Å². The van der Waals surface area contributed by atoms with Crippen molar-refractivity contribution in [3.8, 4) is 0 Å². The maximum atomic E-state index is 10.9. The summed E-state index contributed by atoms with van der Waals surface area (Å²) in [5.74, 6) is 0.127. The first-order valence-corrected chi connectivity index (χ1v) is 8.61. The summed E-state index contributed by atoms with van der Waals surface area (Å²) < 4.78 is 0. The van der Waals surface area contributed by atoms with Gasteiger partial charge in [-0.15, -0.1) is 0 Å². The van der Waals surface area contributed by atoms with Crippen LogP contribution in [0.25, 0.3) is 0 Å². The second-order valence-corrected chi connectivity index (χ2v) is 7.51. The van der Waals surface area contributed by atoms with Gasteiger partial charge in [0.1, 0.15) is 0 Å². The quantitative estimate of drug-likeness (QED) is 0.674. The van der Waals surface area contributed by atoms with E-state index in [0.29, 0.717) is 12.8 Å². The number of aliphatic hydroxyl groups is 2. The molecule has 2 atom stereocenters. The summed E-state index contributed by atoms with van der Waals surface area (Å²) in [7, 11) is 0. The Morgan fingerprint density at radius 2 is 1.50 bits per heavy atom. The van der Waals surface area contributed by atoms with Gasteiger partial charge >= 0.3 is 0 Å². The van der Waals surface area contributed by atoms with Crippen LogP contribution in [0.1, 0.15) is 73.1 Å². The van der Waals surface area contributed by atoms with Gasteiger partial charge in [0, 0.05) is 0 Å². The summed E-state index contributed by atoms with van der Waals surface area (Å²) in [5.41, 5.74) is 1.01. The summed E-state index contributed by atoms with van der Waals surface area (Å²) in [6.07, 6.45) is 13.4. The second kappa shape index (κ2) is 8.12. The van der Waals surface area contributed by atoms with Gasteiger partial charge in [-0.1, -0.05) is 49.3 Å². The van der Waals surface area contributed by atoms with Crippen molar-refractivity contribution in [1.82, 2.24) is 0 Å². The van der Waals surface area contributed by atoms with Crippen LogP contribution in [0.4, 0.5) is 0 Å². The first-order valence-electron chi connectivity index (χ1n) is 8.61. The lowest BCUT2D eigenvalue weighted by Crippen LogP contribution is -2.34. The Bertz CT molecular complexity index is 441. The Hall–Kier alpha value is -0.860. The third kappa shape index (κ3) is 6.50. The molecule has 0 radical (unpaired) electrons. The Morgan fingerprint density at radius 1 is 0.909 bits per heavy atom. The predicted molar refractivity (Wildman–Crippen MR) is 94.8 cm³/mol. The molecule has 0 bridgehead atoms. The van der Waals surface area contributed by atoms with Gasteiger partial charge in [-0.2, -0.15) is 0 Å². The van der Waals surface area contributed by atoms with Crippen molar-refractivity contribution in [2.75, 3.05) is 0 Å². The van der Waals surface area contributed by atoms with E-state index in [1.807, 2.05) is 26.8 Å². The zero-order chi connectivity index (χ0) is 16.8. The molecule has 0 aromatic carbocycles. The lowest BCUT2D eigenvalue weighted by Gasteiger charge is -2.31. The van der Waals surface area contributed by atoms with Gasteiger partial charge < -0.3 is 10.2 Å². The van der Waals surface area contributed by atoms with E-state index in [1.54, 1.807) is 6.08 Å². The van der Waals surface area contributed by atoms with E-state index >= 15 is 0 Å². The SMILES string of the molecule is C/C1=C\CC[C@@](C)(O)/C=C/[C@@](O)(C(C)C)CC/C(C)=C/CC1. The number of rotatable bonds is 1. The first-order chi connectivity index (χ1) is 10.1. The number of allylic oxidation sites excluding steroid dienone is 4. The van der Waals surface area contributed by atoms with E-state index < -0.39 is 11.2 Å². The average Bonchev–Trinajstić information content (AvgIpc) is 2.42. The van der Waals surface area contributed by atoms with Crippen molar-refractivity contribution in [1.29, 1.82) is 0 Å². The molecule has 0 heterocycles. The van der Waals surface area contributed by atoms with Crippen molar-refractivity contribution in [2.45, 2.75) is 84.3 Å². The van der Waals surface area contributed by atoms with Crippen LogP contribution in [0.5, 0.6) is 0 Å². The molecule has 1 aliphatic carbocycles. The molecular weight excluding hydrogens is 272 g/mol. The van der Waals surface area contributed by atoms with Crippen LogP contribution in [0.15, 0.2) is 35.5 Å². The highest BCUT2D eigenvalue weighted by atomic mass is 16.3.